The lowest BCUT2D eigenvalue weighted by Gasteiger charge is -2.48. The molecule has 1 amide bonds. The number of amides is 1. The van der Waals surface area contributed by atoms with Crippen LogP contribution in [0.5, 0.6) is 0 Å². The highest BCUT2D eigenvalue weighted by atomic mass is 16.8. The molecule has 0 saturated carbocycles. The molecule has 107 heavy (non-hydrogen) atoms. The normalized spacial score (nSPS) is 26.1. The third-order valence-electron chi connectivity index (χ3n) is 20.5. The van der Waals surface area contributed by atoms with E-state index in [0.717, 1.165) is 83.5 Å². The Hall–Kier alpha value is -3.55. The fourth-order valence-electron chi connectivity index (χ4n) is 13.8. The van der Waals surface area contributed by atoms with Gasteiger partial charge in [0.05, 0.1) is 38.6 Å². The minimum Gasteiger partial charge on any atom is -0.394 e. The summed E-state index contributed by atoms with van der Waals surface area (Å²) in [5, 5.41) is 121. The third kappa shape index (κ3) is 46.3. The Bertz CT molecular complexity index is 2360. The van der Waals surface area contributed by atoms with E-state index in [-0.39, 0.29) is 18.9 Å². The number of rotatable bonds is 67. The molecule has 3 aliphatic heterocycles. The number of unbranched alkanes of at least 4 members (excludes halogenated alkanes) is 35. The Morgan fingerprint density at radius 1 is 0.346 bits per heavy atom. The van der Waals surface area contributed by atoms with Gasteiger partial charge in [-0.2, -0.15) is 0 Å². The standard InChI is InChI=1S/C88H153NO18/c1-3-5-7-9-11-13-15-17-19-21-23-25-27-28-29-30-31-32-33-34-35-36-37-38-39-40-41-42-44-46-48-50-52-54-56-58-60-62-64-66-76(94)89-71(72(93)65-63-61-59-57-55-53-51-49-47-45-43-26-24-22-20-18-16-14-12-10-8-6-4-2)70-102-86-82(100)79(97)84(74(68-91)104-86)107-88-83(101)80(98)85(75(69-92)105-88)106-87-81(99)78(96)77(95)73(67-90)103-87/h5,7,11,13,17,19,23,25,28-29,31-32,47,49,55,57,63,65,71-75,77-88,90-93,95-101H,3-4,6,8-10,12,14-16,18,20-22,24,26-27,30,33-46,48,50-54,56,58-62,64,66-70H2,1-2H3,(H,89,94)/b7-5-,13-11-,19-17-,25-23-,29-28-,32-31-,49-47+,57-55+,65-63+. The van der Waals surface area contributed by atoms with Gasteiger partial charge in [-0.3, -0.25) is 4.79 Å². The number of ether oxygens (including phenoxy) is 6. The van der Waals surface area contributed by atoms with Crippen LogP contribution in [0.15, 0.2) is 109 Å². The van der Waals surface area contributed by atoms with Gasteiger partial charge in [0.1, 0.15) is 73.2 Å². The Balaban J connectivity index is 1.33. The monoisotopic (exact) mass is 1510 g/mol. The summed E-state index contributed by atoms with van der Waals surface area (Å²) in [5.41, 5.74) is 0. The number of aliphatic hydroxyl groups excluding tert-OH is 11. The maximum atomic E-state index is 13.5. The van der Waals surface area contributed by atoms with Crippen LogP contribution < -0.4 is 5.32 Å². The summed E-state index contributed by atoms with van der Waals surface area (Å²) in [7, 11) is 0. The minimum absolute atomic E-state index is 0.230. The lowest BCUT2D eigenvalue weighted by molar-refractivity contribution is -0.379. The number of hydrogen-bond donors (Lipinski definition) is 12. The lowest BCUT2D eigenvalue weighted by Crippen LogP contribution is -2.66. The molecular weight excluding hydrogens is 1360 g/mol. The fourth-order valence-corrected chi connectivity index (χ4v) is 13.8. The van der Waals surface area contributed by atoms with Crippen LogP contribution in [0, 0.1) is 0 Å². The van der Waals surface area contributed by atoms with E-state index in [0.29, 0.717) is 12.8 Å². The first-order chi connectivity index (χ1) is 52.3. The molecule has 19 heteroatoms. The summed E-state index contributed by atoms with van der Waals surface area (Å²) >= 11 is 0. The zero-order chi connectivity index (χ0) is 77.4. The van der Waals surface area contributed by atoms with Crippen LogP contribution in [-0.2, 0) is 33.2 Å². The summed E-state index contributed by atoms with van der Waals surface area (Å²) in [4.78, 5) is 13.5. The number of allylic oxidation sites excluding steroid dienone is 17. The van der Waals surface area contributed by atoms with Crippen LogP contribution >= 0.6 is 0 Å². The zero-order valence-electron chi connectivity index (χ0n) is 66.3. The van der Waals surface area contributed by atoms with Crippen molar-refractivity contribution in [3.63, 3.8) is 0 Å². The van der Waals surface area contributed by atoms with Gasteiger partial charge < -0.3 is 89.9 Å². The van der Waals surface area contributed by atoms with Crippen molar-refractivity contribution in [3.05, 3.63) is 109 Å². The Morgan fingerprint density at radius 2 is 0.654 bits per heavy atom. The summed E-state index contributed by atoms with van der Waals surface area (Å²) in [5.74, 6) is -0.288. The molecule has 17 atom stereocenters. The molecule has 3 aliphatic rings. The molecule has 0 aromatic rings. The van der Waals surface area contributed by atoms with Gasteiger partial charge in [-0.05, 0) is 96.3 Å². The molecule has 0 bridgehead atoms. The van der Waals surface area contributed by atoms with Gasteiger partial charge in [0.25, 0.3) is 0 Å². The van der Waals surface area contributed by atoms with E-state index >= 15 is 0 Å². The van der Waals surface area contributed by atoms with Gasteiger partial charge in [-0.25, -0.2) is 0 Å². The lowest BCUT2D eigenvalue weighted by atomic mass is 9.96. The molecule has 3 heterocycles. The van der Waals surface area contributed by atoms with Crippen LogP contribution in [0.2, 0.25) is 0 Å². The number of carbonyl (C=O) groups excluding carboxylic acids is 1. The van der Waals surface area contributed by atoms with E-state index in [1.165, 1.54) is 193 Å². The molecule has 0 aromatic carbocycles. The number of hydrogen-bond acceptors (Lipinski definition) is 18. The molecule has 19 nitrogen and oxygen atoms in total. The van der Waals surface area contributed by atoms with Crippen molar-refractivity contribution in [1.29, 1.82) is 0 Å². The second-order valence-electron chi connectivity index (χ2n) is 29.9. The zero-order valence-corrected chi connectivity index (χ0v) is 66.3. The van der Waals surface area contributed by atoms with Crippen LogP contribution in [0.1, 0.15) is 309 Å². The maximum Gasteiger partial charge on any atom is 0.220 e. The third-order valence-corrected chi connectivity index (χ3v) is 20.5. The highest BCUT2D eigenvalue weighted by molar-refractivity contribution is 5.76. The van der Waals surface area contributed by atoms with E-state index in [1.807, 2.05) is 6.08 Å². The van der Waals surface area contributed by atoms with E-state index in [2.05, 4.69) is 116 Å². The van der Waals surface area contributed by atoms with Gasteiger partial charge in [-0.15, -0.1) is 0 Å². The first-order valence-corrected chi connectivity index (χ1v) is 42.6. The average molecular weight is 1510 g/mol. The SMILES string of the molecule is CC/C=C\C/C=C\C/C=C\C/C=C\C/C=C\C/C=C\CCCCCCCCCCCCCCCCCCCCCCC(=O)NC(COC1OC(CO)C(OC2OC(CO)C(OC3OC(CO)C(O)C(O)C3O)C(O)C2O)C(O)C1O)C(O)/C=C/CC/C=C/CC/C=C/CCCCCCCCCCCCCCC. The van der Waals surface area contributed by atoms with E-state index in [4.69, 9.17) is 28.4 Å². The second kappa shape index (κ2) is 67.0. The Morgan fingerprint density at radius 3 is 1.05 bits per heavy atom. The summed E-state index contributed by atoms with van der Waals surface area (Å²) in [6.45, 7) is 1.62. The largest absolute Gasteiger partial charge is 0.394 e. The minimum atomic E-state index is -1.99. The van der Waals surface area contributed by atoms with Crippen molar-refractivity contribution in [2.24, 2.45) is 0 Å². The Labute approximate surface area is 646 Å². The maximum absolute atomic E-state index is 13.5. The van der Waals surface area contributed by atoms with Gasteiger partial charge in [0.2, 0.25) is 5.91 Å². The van der Waals surface area contributed by atoms with E-state index < -0.39 is 124 Å². The molecule has 0 spiro atoms. The van der Waals surface area contributed by atoms with Crippen molar-refractivity contribution in [2.75, 3.05) is 26.4 Å². The highest BCUT2D eigenvalue weighted by Gasteiger charge is 2.54. The van der Waals surface area contributed by atoms with E-state index in [9.17, 15) is 61.0 Å². The van der Waals surface area contributed by atoms with Crippen molar-refractivity contribution in [2.45, 2.75) is 413 Å². The molecule has 3 rings (SSSR count). The van der Waals surface area contributed by atoms with Crippen molar-refractivity contribution < 1.29 is 89.4 Å². The molecule has 0 radical (unpaired) electrons. The topological polar surface area (TPSA) is 307 Å². The molecule has 17 unspecified atom stereocenters. The Kier molecular flexibility index (Phi) is 61.1. The van der Waals surface area contributed by atoms with Crippen molar-refractivity contribution in [1.82, 2.24) is 5.32 Å². The first-order valence-electron chi connectivity index (χ1n) is 42.6. The predicted molar refractivity (Wildman–Crippen MR) is 429 cm³/mol. The van der Waals surface area contributed by atoms with Crippen LogP contribution in [0.25, 0.3) is 0 Å². The molecule has 618 valence electrons. The smallest absolute Gasteiger partial charge is 0.220 e. The van der Waals surface area contributed by atoms with Crippen molar-refractivity contribution in [3.8, 4) is 0 Å². The van der Waals surface area contributed by atoms with Crippen LogP contribution in [0.3, 0.4) is 0 Å². The van der Waals surface area contributed by atoms with Gasteiger partial charge in [0.15, 0.2) is 18.9 Å². The second-order valence-corrected chi connectivity index (χ2v) is 29.9. The average Bonchev–Trinajstić information content (AvgIpc) is 0.781. The summed E-state index contributed by atoms with van der Waals surface area (Å²) in [6.07, 6.45) is 66.6. The van der Waals surface area contributed by atoms with Crippen molar-refractivity contribution >= 4 is 5.91 Å². The molecule has 0 aliphatic carbocycles. The number of carbonyl (C=O) groups is 1. The van der Waals surface area contributed by atoms with Crippen LogP contribution in [0.4, 0.5) is 0 Å². The van der Waals surface area contributed by atoms with Gasteiger partial charge in [-0.1, -0.05) is 316 Å². The predicted octanol–water partition coefficient (Wildman–Crippen LogP) is 15.3. The number of aliphatic hydroxyl groups is 11. The summed E-state index contributed by atoms with van der Waals surface area (Å²) < 4.78 is 34.4. The van der Waals surface area contributed by atoms with Gasteiger partial charge >= 0.3 is 0 Å². The molecule has 12 N–H and O–H groups in total. The van der Waals surface area contributed by atoms with E-state index in [1.54, 1.807) is 6.08 Å². The molecular formula is C88H153NO18. The fraction of sp³-hybridized carbons (Fsp3) is 0.784. The first kappa shape index (κ1) is 97.6. The number of nitrogens with one attached hydrogen (secondary N) is 1. The molecule has 3 fully saturated rings. The molecule has 0 aromatic heterocycles. The summed E-state index contributed by atoms with van der Waals surface area (Å²) in [6, 6.07) is -1.00. The molecule has 3 saturated heterocycles. The highest BCUT2D eigenvalue weighted by Crippen LogP contribution is 2.33. The quantitative estimate of drug-likeness (QED) is 0.0199. The van der Waals surface area contributed by atoms with Crippen LogP contribution in [-0.4, -0.2) is 193 Å². The van der Waals surface area contributed by atoms with Gasteiger partial charge in [0, 0.05) is 6.42 Å².